The Morgan fingerprint density at radius 3 is 2.41 bits per heavy atom. The zero-order chi connectivity index (χ0) is 16.3. The summed E-state index contributed by atoms with van der Waals surface area (Å²) >= 11 is 5.93. The van der Waals surface area contributed by atoms with Crippen LogP contribution < -0.4 is 0 Å². The quantitative estimate of drug-likeness (QED) is 0.516. The third kappa shape index (κ3) is 3.19. The molecule has 1 unspecified atom stereocenters. The molecule has 1 saturated heterocycles. The van der Waals surface area contributed by atoms with Crippen LogP contribution in [0.5, 0.6) is 0 Å². The second-order valence-corrected chi connectivity index (χ2v) is 6.21. The van der Waals surface area contributed by atoms with E-state index in [2.05, 4.69) is 10.0 Å². The molecule has 6 nitrogen and oxygen atoms in total. The average molecular weight is 324 g/mol. The predicted molar refractivity (Wildman–Crippen MR) is 82.9 cm³/mol. The molecule has 0 radical (unpaired) electrons. The summed E-state index contributed by atoms with van der Waals surface area (Å²) in [6.45, 7) is 3.80. The molecule has 1 aliphatic rings. The number of aliphatic carboxylic acids is 1. The Morgan fingerprint density at radius 2 is 1.95 bits per heavy atom. The first-order valence-electron chi connectivity index (χ1n) is 7.07. The van der Waals surface area contributed by atoms with Gasteiger partial charge in [0.15, 0.2) is 0 Å². The number of nitrogens with zero attached hydrogens (tertiary/aromatic N) is 3. The Hall–Kier alpha value is -1.75. The van der Waals surface area contributed by atoms with Crippen molar-refractivity contribution in [1.82, 2.24) is 0 Å². The van der Waals surface area contributed by atoms with Gasteiger partial charge in [-0.15, -0.1) is 0 Å². The van der Waals surface area contributed by atoms with Gasteiger partial charge in [0.25, 0.3) is 0 Å². The molecule has 118 valence electrons. The van der Waals surface area contributed by atoms with Crippen molar-refractivity contribution < 1.29 is 14.6 Å². The Kier molecular flexibility index (Phi) is 4.96. The van der Waals surface area contributed by atoms with Crippen LogP contribution in [-0.2, 0) is 14.9 Å². The topological polar surface area (TPSA) is 95.3 Å². The van der Waals surface area contributed by atoms with Crippen LogP contribution in [0.15, 0.2) is 29.4 Å². The zero-order valence-corrected chi connectivity index (χ0v) is 13.2. The van der Waals surface area contributed by atoms with Crippen molar-refractivity contribution in [3.63, 3.8) is 0 Å². The molecule has 1 aliphatic heterocycles. The zero-order valence-electron chi connectivity index (χ0n) is 12.4. The standard InChI is InChI=1S/C15H18ClN3O3/c1-9-7-15(8-10(2)22-9,13(14(20)21)18-19-17)11-3-5-12(16)6-4-11/h3-6,9-10,13H,7-8H2,1-2H3,(H,20,21)/t9-,10+,13-,15?/m1/s1. The fraction of sp³-hybridized carbons (Fsp3) is 0.533. The lowest BCUT2D eigenvalue weighted by molar-refractivity contribution is -0.143. The highest BCUT2D eigenvalue weighted by Gasteiger charge is 2.48. The molecular formula is C15H18ClN3O3. The third-order valence-electron chi connectivity index (χ3n) is 4.11. The van der Waals surface area contributed by atoms with Crippen molar-refractivity contribution in [1.29, 1.82) is 0 Å². The second-order valence-electron chi connectivity index (χ2n) is 5.77. The number of hydrogen-bond acceptors (Lipinski definition) is 3. The summed E-state index contributed by atoms with van der Waals surface area (Å²) in [6, 6.07) is 5.86. The van der Waals surface area contributed by atoms with Crippen LogP contribution in [0.3, 0.4) is 0 Å². The minimum atomic E-state index is -1.19. The maximum Gasteiger partial charge on any atom is 0.313 e. The number of azide groups is 1. The van der Waals surface area contributed by atoms with Gasteiger partial charge in [0.05, 0.1) is 12.2 Å². The normalized spacial score (nSPS) is 29.4. The van der Waals surface area contributed by atoms with Gasteiger partial charge in [-0.3, -0.25) is 4.79 Å². The van der Waals surface area contributed by atoms with Crippen molar-refractivity contribution in [2.45, 2.75) is 50.4 Å². The van der Waals surface area contributed by atoms with Crippen LogP contribution in [-0.4, -0.2) is 29.3 Å². The van der Waals surface area contributed by atoms with Gasteiger partial charge in [-0.05, 0) is 49.9 Å². The van der Waals surface area contributed by atoms with Gasteiger partial charge >= 0.3 is 5.97 Å². The molecule has 22 heavy (non-hydrogen) atoms. The van der Waals surface area contributed by atoms with Crippen LogP contribution in [0, 0.1) is 0 Å². The summed E-state index contributed by atoms with van der Waals surface area (Å²) in [5, 5.41) is 13.7. The van der Waals surface area contributed by atoms with E-state index in [-0.39, 0.29) is 12.2 Å². The molecule has 0 aromatic heterocycles. The second kappa shape index (κ2) is 6.57. The van der Waals surface area contributed by atoms with Crippen LogP contribution in [0.4, 0.5) is 0 Å². The molecule has 7 heteroatoms. The van der Waals surface area contributed by atoms with Gasteiger partial charge < -0.3 is 9.84 Å². The van der Waals surface area contributed by atoms with Crippen LogP contribution >= 0.6 is 11.6 Å². The minimum Gasteiger partial charge on any atom is -0.481 e. The monoisotopic (exact) mass is 323 g/mol. The predicted octanol–water partition coefficient (Wildman–Crippen LogP) is 3.93. The van der Waals surface area contributed by atoms with Gasteiger partial charge in [-0.1, -0.05) is 28.8 Å². The van der Waals surface area contributed by atoms with Crippen LogP contribution in [0.2, 0.25) is 5.02 Å². The van der Waals surface area contributed by atoms with Gasteiger partial charge in [0.2, 0.25) is 0 Å². The smallest absolute Gasteiger partial charge is 0.313 e. The molecule has 1 heterocycles. The van der Waals surface area contributed by atoms with Gasteiger partial charge in [0.1, 0.15) is 6.04 Å². The summed E-state index contributed by atoms with van der Waals surface area (Å²) in [4.78, 5) is 14.5. The first kappa shape index (κ1) is 16.6. The highest BCUT2D eigenvalue weighted by Crippen LogP contribution is 2.44. The van der Waals surface area contributed by atoms with E-state index in [4.69, 9.17) is 21.9 Å². The van der Waals surface area contributed by atoms with E-state index in [1.165, 1.54) is 0 Å². The number of carboxylic acid groups (broad SMARTS) is 1. The van der Waals surface area contributed by atoms with Crippen molar-refractivity contribution in [3.05, 3.63) is 45.3 Å². The lowest BCUT2D eigenvalue weighted by atomic mass is 9.66. The number of hydrogen-bond donors (Lipinski definition) is 1. The van der Waals surface area contributed by atoms with E-state index < -0.39 is 17.4 Å². The molecule has 1 aromatic carbocycles. The fourth-order valence-electron chi connectivity index (χ4n) is 3.45. The van der Waals surface area contributed by atoms with Crippen molar-refractivity contribution >= 4 is 17.6 Å². The Bertz CT molecular complexity index is 587. The molecule has 0 amide bonds. The first-order valence-corrected chi connectivity index (χ1v) is 7.45. The van der Waals surface area contributed by atoms with Crippen molar-refractivity contribution in [3.8, 4) is 0 Å². The third-order valence-corrected chi connectivity index (χ3v) is 4.36. The molecule has 0 saturated carbocycles. The van der Waals surface area contributed by atoms with E-state index in [1.54, 1.807) is 24.3 Å². The average Bonchev–Trinajstić information content (AvgIpc) is 2.43. The van der Waals surface area contributed by atoms with E-state index >= 15 is 0 Å². The fourth-order valence-corrected chi connectivity index (χ4v) is 3.57. The Morgan fingerprint density at radius 1 is 1.41 bits per heavy atom. The summed E-state index contributed by atoms with van der Waals surface area (Å²) in [6.07, 6.45) is 0.675. The van der Waals surface area contributed by atoms with Gasteiger partial charge in [-0.2, -0.15) is 0 Å². The van der Waals surface area contributed by atoms with Crippen LogP contribution in [0.1, 0.15) is 32.3 Å². The van der Waals surface area contributed by atoms with Crippen molar-refractivity contribution in [2.75, 3.05) is 0 Å². The number of ether oxygens (including phenoxy) is 1. The number of benzene rings is 1. The highest BCUT2D eigenvalue weighted by atomic mass is 35.5. The van der Waals surface area contributed by atoms with Crippen LogP contribution in [0.25, 0.3) is 10.4 Å². The lowest BCUT2D eigenvalue weighted by Gasteiger charge is -2.45. The number of halogens is 1. The Labute approximate surface area is 133 Å². The number of carboxylic acids is 1. The van der Waals surface area contributed by atoms with E-state index in [0.29, 0.717) is 17.9 Å². The largest absolute Gasteiger partial charge is 0.481 e. The maximum absolute atomic E-state index is 11.7. The van der Waals surface area contributed by atoms with E-state index in [1.807, 2.05) is 13.8 Å². The molecule has 1 aromatic rings. The lowest BCUT2D eigenvalue weighted by Crippen LogP contribution is -2.51. The Balaban J connectivity index is 2.59. The van der Waals surface area contributed by atoms with E-state index in [9.17, 15) is 9.90 Å². The molecular weight excluding hydrogens is 306 g/mol. The first-order chi connectivity index (χ1) is 10.4. The summed E-state index contributed by atoms with van der Waals surface area (Å²) in [7, 11) is 0. The SMILES string of the molecule is C[C@@H]1CC(c2ccc(Cl)cc2)([C@H](N=[N+]=[N-])C(=O)O)C[C@H](C)O1. The van der Waals surface area contributed by atoms with Crippen molar-refractivity contribution in [2.24, 2.45) is 5.11 Å². The molecule has 0 aliphatic carbocycles. The molecule has 4 atom stereocenters. The van der Waals surface area contributed by atoms with Gasteiger partial charge in [0, 0.05) is 15.3 Å². The molecule has 0 bridgehead atoms. The van der Waals surface area contributed by atoms with E-state index in [0.717, 1.165) is 5.56 Å². The molecule has 2 rings (SSSR count). The maximum atomic E-state index is 11.7. The highest BCUT2D eigenvalue weighted by molar-refractivity contribution is 6.30. The number of rotatable bonds is 4. The molecule has 1 fully saturated rings. The van der Waals surface area contributed by atoms with Gasteiger partial charge in [-0.25, -0.2) is 0 Å². The minimum absolute atomic E-state index is 0.129. The summed E-state index contributed by atoms with van der Waals surface area (Å²) in [5.74, 6) is -1.13. The number of carbonyl (C=O) groups is 1. The summed E-state index contributed by atoms with van der Waals surface area (Å²) < 4.78 is 5.74. The molecule has 0 spiro atoms. The molecule has 1 N–H and O–H groups in total. The summed E-state index contributed by atoms with van der Waals surface area (Å²) in [5.41, 5.74) is 8.79.